The monoisotopic (exact) mass is 458 g/mol. The second kappa shape index (κ2) is 8.58. The summed E-state index contributed by atoms with van der Waals surface area (Å²) in [7, 11) is -2.28. The zero-order chi connectivity index (χ0) is 20.1. The second-order valence-corrected chi connectivity index (χ2v) is 9.03. The molecule has 1 amide bonds. The van der Waals surface area contributed by atoms with Crippen molar-refractivity contribution in [1.29, 1.82) is 0 Å². The van der Waals surface area contributed by atoms with Crippen LogP contribution >= 0.6 is 15.9 Å². The van der Waals surface area contributed by atoms with Crippen LogP contribution in [0.2, 0.25) is 0 Å². The van der Waals surface area contributed by atoms with E-state index in [9.17, 15) is 13.2 Å². The van der Waals surface area contributed by atoms with Gasteiger partial charge in [-0.15, -0.1) is 0 Å². The molecule has 0 aliphatic rings. The Morgan fingerprint density at radius 3 is 2.39 bits per heavy atom. The Morgan fingerprint density at radius 2 is 1.68 bits per heavy atom. The quantitative estimate of drug-likeness (QED) is 0.601. The number of nitrogens with zero attached hydrogens (tertiary/aromatic N) is 1. The number of anilines is 1. The fourth-order valence-electron chi connectivity index (χ4n) is 2.66. The van der Waals surface area contributed by atoms with Crippen molar-refractivity contribution in [2.75, 3.05) is 11.4 Å². The highest BCUT2D eigenvalue weighted by atomic mass is 79.9. The van der Waals surface area contributed by atoms with Crippen LogP contribution in [0.1, 0.15) is 15.9 Å². The lowest BCUT2D eigenvalue weighted by Gasteiger charge is -2.19. The van der Waals surface area contributed by atoms with E-state index in [1.807, 2.05) is 30.3 Å². The highest BCUT2D eigenvalue weighted by Crippen LogP contribution is 2.22. The van der Waals surface area contributed by atoms with Gasteiger partial charge in [-0.3, -0.25) is 9.10 Å². The van der Waals surface area contributed by atoms with Crippen molar-refractivity contribution in [2.45, 2.75) is 11.4 Å². The SMILES string of the molecule is CN(c1ccccc1)S(=O)(=O)c1cccc(C(=O)NCc2cccc(Br)c2)c1. The number of halogens is 1. The third kappa shape index (κ3) is 4.61. The Hall–Kier alpha value is -2.64. The number of sulfonamides is 1. The minimum absolute atomic E-state index is 0.0639. The van der Waals surface area contributed by atoms with Gasteiger partial charge < -0.3 is 5.32 Å². The number of hydrogen-bond acceptors (Lipinski definition) is 3. The number of nitrogens with one attached hydrogen (secondary N) is 1. The van der Waals surface area contributed by atoms with Crippen molar-refractivity contribution in [1.82, 2.24) is 5.32 Å². The molecule has 3 rings (SSSR count). The first-order valence-corrected chi connectivity index (χ1v) is 10.8. The van der Waals surface area contributed by atoms with E-state index in [0.717, 1.165) is 10.0 Å². The Kier molecular flexibility index (Phi) is 6.16. The predicted octanol–water partition coefficient (Wildman–Crippen LogP) is 4.20. The maximum atomic E-state index is 12.9. The van der Waals surface area contributed by atoms with Gasteiger partial charge in [0.1, 0.15) is 0 Å². The summed E-state index contributed by atoms with van der Waals surface area (Å²) in [6.45, 7) is 0.346. The molecular weight excluding hydrogens is 440 g/mol. The molecule has 0 aromatic heterocycles. The van der Waals surface area contributed by atoms with Crippen molar-refractivity contribution in [3.8, 4) is 0 Å². The molecule has 0 atom stereocenters. The highest BCUT2D eigenvalue weighted by molar-refractivity contribution is 9.10. The Bertz CT molecular complexity index is 1090. The van der Waals surface area contributed by atoms with Gasteiger partial charge in [-0.1, -0.05) is 52.3 Å². The third-order valence-corrected chi connectivity index (χ3v) is 6.49. The lowest BCUT2D eigenvalue weighted by atomic mass is 10.2. The van der Waals surface area contributed by atoms with E-state index in [4.69, 9.17) is 0 Å². The van der Waals surface area contributed by atoms with E-state index in [1.165, 1.54) is 23.5 Å². The molecule has 1 N–H and O–H groups in total. The average molecular weight is 459 g/mol. The largest absolute Gasteiger partial charge is 0.348 e. The van der Waals surface area contributed by atoms with Crippen LogP contribution in [0.15, 0.2) is 88.2 Å². The summed E-state index contributed by atoms with van der Waals surface area (Å²) in [5.74, 6) is -0.334. The van der Waals surface area contributed by atoms with Crippen molar-refractivity contribution in [3.63, 3.8) is 0 Å². The van der Waals surface area contributed by atoms with Crippen LogP contribution in [0.4, 0.5) is 5.69 Å². The number of carbonyl (C=O) groups excluding carboxylic acids is 1. The second-order valence-electron chi connectivity index (χ2n) is 6.15. The zero-order valence-corrected chi connectivity index (χ0v) is 17.6. The summed E-state index contributed by atoms with van der Waals surface area (Å²) in [5, 5.41) is 2.81. The van der Waals surface area contributed by atoms with E-state index >= 15 is 0 Å². The van der Waals surface area contributed by atoms with Crippen LogP contribution in [-0.2, 0) is 16.6 Å². The highest BCUT2D eigenvalue weighted by Gasteiger charge is 2.22. The molecule has 5 nitrogen and oxygen atoms in total. The molecule has 0 heterocycles. The van der Waals surface area contributed by atoms with Crippen molar-refractivity contribution in [3.05, 3.63) is 94.5 Å². The van der Waals surface area contributed by atoms with E-state index in [-0.39, 0.29) is 16.4 Å². The molecule has 0 aliphatic carbocycles. The fourth-order valence-corrected chi connectivity index (χ4v) is 4.35. The van der Waals surface area contributed by atoms with E-state index in [0.29, 0.717) is 12.2 Å². The van der Waals surface area contributed by atoms with Gasteiger partial charge in [0.05, 0.1) is 10.6 Å². The molecule has 7 heteroatoms. The molecule has 0 aliphatic heterocycles. The van der Waals surface area contributed by atoms with Crippen LogP contribution in [0.25, 0.3) is 0 Å². The van der Waals surface area contributed by atoms with Gasteiger partial charge in [0.2, 0.25) is 0 Å². The molecule has 3 aromatic carbocycles. The Balaban J connectivity index is 1.78. The van der Waals surface area contributed by atoms with Crippen molar-refractivity contribution >= 4 is 37.5 Å². The first-order chi connectivity index (χ1) is 13.4. The average Bonchev–Trinajstić information content (AvgIpc) is 2.72. The molecule has 144 valence electrons. The van der Waals surface area contributed by atoms with E-state index in [1.54, 1.807) is 36.4 Å². The molecule has 0 bridgehead atoms. The molecule has 0 unspecified atom stereocenters. The van der Waals surface area contributed by atoms with Gasteiger partial charge in [0, 0.05) is 23.6 Å². The van der Waals surface area contributed by atoms with Crippen LogP contribution < -0.4 is 9.62 Å². The number of benzene rings is 3. The third-order valence-electron chi connectivity index (χ3n) is 4.22. The lowest BCUT2D eigenvalue weighted by molar-refractivity contribution is 0.0950. The molecular formula is C21H19BrN2O3S. The number of para-hydroxylation sites is 1. The molecule has 0 radical (unpaired) electrons. The summed E-state index contributed by atoms with van der Waals surface area (Å²) < 4.78 is 28.0. The zero-order valence-electron chi connectivity index (χ0n) is 15.2. The van der Waals surface area contributed by atoms with Gasteiger partial charge >= 0.3 is 0 Å². The standard InChI is InChI=1S/C21H19BrN2O3S/c1-24(19-10-3-2-4-11-19)28(26,27)20-12-6-8-17(14-20)21(25)23-15-16-7-5-9-18(22)13-16/h2-14H,15H2,1H3,(H,23,25). The minimum atomic E-state index is -3.77. The molecule has 0 saturated heterocycles. The summed E-state index contributed by atoms with van der Waals surface area (Å²) in [4.78, 5) is 12.6. The maximum Gasteiger partial charge on any atom is 0.264 e. The van der Waals surface area contributed by atoms with Gasteiger partial charge in [0.15, 0.2) is 0 Å². The predicted molar refractivity (Wildman–Crippen MR) is 114 cm³/mol. The molecule has 0 fully saturated rings. The summed E-state index contributed by atoms with van der Waals surface area (Å²) in [6.07, 6.45) is 0. The Labute approximate surface area is 173 Å². The number of hydrogen-bond donors (Lipinski definition) is 1. The van der Waals surface area contributed by atoms with Gasteiger partial charge in [-0.05, 0) is 48.0 Å². The minimum Gasteiger partial charge on any atom is -0.348 e. The summed E-state index contributed by atoms with van der Waals surface area (Å²) in [6, 6.07) is 22.4. The number of carbonyl (C=O) groups is 1. The Morgan fingerprint density at radius 1 is 0.964 bits per heavy atom. The maximum absolute atomic E-state index is 12.9. The lowest BCUT2D eigenvalue weighted by Crippen LogP contribution is -2.27. The molecule has 3 aromatic rings. The number of rotatable bonds is 6. The van der Waals surface area contributed by atoms with Gasteiger partial charge in [-0.25, -0.2) is 8.42 Å². The summed E-state index contributed by atoms with van der Waals surface area (Å²) in [5.41, 5.74) is 1.78. The van der Waals surface area contributed by atoms with Crippen LogP contribution in [0.5, 0.6) is 0 Å². The molecule has 0 spiro atoms. The van der Waals surface area contributed by atoms with E-state index in [2.05, 4.69) is 21.2 Å². The van der Waals surface area contributed by atoms with Gasteiger partial charge in [0.25, 0.3) is 15.9 Å². The van der Waals surface area contributed by atoms with Crippen molar-refractivity contribution < 1.29 is 13.2 Å². The molecule has 28 heavy (non-hydrogen) atoms. The van der Waals surface area contributed by atoms with E-state index < -0.39 is 10.0 Å². The topological polar surface area (TPSA) is 66.5 Å². The fraction of sp³-hybridized carbons (Fsp3) is 0.0952. The smallest absolute Gasteiger partial charge is 0.264 e. The van der Waals surface area contributed by atoms with Gasteiger partial charge in [-0.2, -0.15) is 0 Å². The van der Waals surface area contributed by atoms with Crippen LogP contribution in [0.3, 0.4) is 0 Å². The normalized spacial score (nSPS) is 11.1. The first kappa shape index (κ1) is 20.1. The van der Waals surface area contributed by atoms with Crippen LogP contribution in [-0.4, -0.2) is 21.4 Å². The molecule has 0 saturated carbocycles. The van der Waals surface area contributed by atoms with Crippen molar-refractivity contribution in [2.24, 2.45) is 0 Å². The van der Waals surface area contributed by atoms with Crippen LogP contribution in [0, 0.1) is 0 Å². The summed E-state index contributed by atoms with van der Waals surface area (Å²) >= 11 is 3.39. The number of amides is 1. The first-order valence-electron chi connectivity index (χ1n) is 8.54.